The van der Waals surface area contributed by atoms with E-state index in [1.807, 2.05) is 12.1 Å². The van der Waals surface area contributed by atoms with E-state index in [1.165, 1.54) is 0 Å². The second-order valence-electron chi connectivity index (χ2n) is 5.08. The first kappa shape index (κ1) is 13.1. The van der Waals surface area contributed by atoms with Gasteiger partial charge in [-0.05, 0) is 18.1 Å². The van der Waals surface area contributed by atoms with Gasteiger partial charge in [0.1, 0.15) is 0 Å². The molecule has 0 saturated carbocycles. The number of nitrogens with two attached hydrogens (primary N) is 1. The maximum atomic E-state index is 11.9. The molecule has 0 aliphatic carbocycles. The SMILES string of the molecule is NC1Cc2cn(c3ccccc23)CCOCCNC1=O. The van der Waals surface area contributed by atoms with Crippen LogP contribution in [0.25, 0.3) is 10.9 Å². The van der Waals surface area contributed by atoms with Crippen molar-refractivity contribution < 1.29 is 9.53 Å². The molecule has 5 nitrogen and oxygen atoms in total. The number of carbonyl (C=O) groups is 1. The van der Waals surface area contributed by atoms with Crippen LogP contribution in [0.2, 0.25) is 0 Å². The van der Waals surface area contributed by atoms with Gasteiger partial charge in [-0.15, -0.1) is 0 Å². The lowest BCUT2D eigenvalue weighted by Gasteiger charge is -2.13. The minimum Gasteiger partial charge on any atom is -0.378 e. The average Bonchev–Trinajstić information content (AvgIpc) is 2.80. The maximum absolute atomic E-state index is 11.9. The average molecular weight is 273 g/mol. The van der Waals surface area contributed by atoms with Crippen molar-refractivity contribution in [1.29, 1.82) is 0 Å². The molecule has 1 amide bonds. The first-order chi connectivity index (χ1) is 9.75. The lowest BCUT2D eigenvalue weighted by atomic mass is 10.1. The number of amides is 1. The second kappa shape index (κ2) is 5.64. The molecule has 1 aliphatic heterocycles. The van der Waals surface area contributed by atoms with E-state index in [0.717, 1.165) is 23.0 Å². The van der Waals surface area contributed by atoms with Crippen molar-refractivity contribution in [2.75, 3.05) is 19.8 Å². The number of ether oxygens (including phenoxy) is 1. The Morgan fingerprint density at radius 3 is 3.05 bits per heavy atom. The molecule has 0 radical (unpaired) electrons. The number of rotatable bonds is 0. The minimum absolute atomic E-state index is 0.119. The quantitative estimate of drug-likeness (QED) is 0.741. The van der Waals surface area contributed by atoms with Crippen LogP contribution in [0.4, 0.5) is 0 Å². The van der Waals surface area contributed by atoms with Crippen LogP contribution in [0.1, 0.15) is 5.56 Å². The van der Waals surface area contributed by atoms with Crippen LogP contribution in [-0.4, -0.2) is 36.3 Å². The van der Waals surface area contributed by atoms with Crippen molar-refractivity contribution in [3.8, 4) is 0 Å². The number of benzene rings is 1. The number of para-hydroxylation sites is 1. The van der Waals surface area contributed by atoms with Gasteiger partial charge in [-0.2, -0.15) is 0 Å². The smallest absolute Gasteiger partial charge is 0.237 e. The van der Waals surface area contributed by atoms with Crippen LogP contribution >= 0.6 is 0 Å². The topological polar surface area (TPSA) is 69.3 Å². The van der Waals surface area contributed by atoms with Gasteiger partial charge in [-0.25, -0.2) is 0 Å². The summed E-state index contributed by atoms with van der Waals surface area (Å²) in [5.74, 6) is -0.119. The van der Waals surface area contributed by atoms with E-state index in [9.17, 15) is 4.79 Å². The molecule has 20 heavy (non-hydrogen) atoms. The van der Waals surface area contributed by atoms with Gasteiger partial charge in [-0.3, -0.25) is 4.79 Å². The Morgan fingerprint density at radius 2 is 2.15 bits per heavy atom. The first-order valence-electron chi connectivity index (χ1n) is 6.93. The van der Waals surface area contributed by atoms with Crippen molar-refractivity contribution in [3.05, 3.63) is 36.0 Å². The molecular formula is C15H19N3O2. The molecule has 0 saturated heterocycles. The summed E-state index contributed by atoms with van der Waals surface area (Å²) in [5.41, 5.74) is 8.27. The third-order valence-electron chi connectivity index (χ3n) is 3.67. The first-order valence-corrected chi connectivity index (χ1v) is 6.93. The highest BCUT2D eigenvalue weighted by molar-refractivity contribution is 5.86. The Kier molecular flexibility index (Phi) is 3.71. The standard InChI is InChI=1S/C15H19N3O2/c16-13-9-11-10-18(14-4-2-1-3-12(11)14)6-8-20-7-5-17-15(13)19/h1-4,10,13H,5-9,16H2,(H,17,19). The number of aromatic nitrogens is 1. The summed E-state index contributed by atoms with van der Waals surface area (Å²) < 4.78 is 7.71. The fourth-order valence-corrected chi connectivity index (χ4v) is 2.64. The fourth-order valence-electron chi connectivity index (χ4n) is 2.64. The Balaban J connectivity index is 2.00. The number of nitrogens with one attached hydrogen (secondary N) is 1. The zero-order valence-corrected chi connectivity index (χ0v) is 11.3. The largest absolute Gasteiger partial charge is 0.378 e. The molecule has 1 aromatic heterocycles. The molecule has 106 valence electrons. The third-order valence-corrected chi connectivity index (χ3v) is 3.67. The van der Waals surface area contributed by atoms with E-state index < -0.39 is 6.04 Å². The summed E-state index contributed by atoms with van der Waals surface area (Å²) >= 11 is 0. The summed E-state index contributed by atoms with van der Waals surface area (Å²) in [6.07, 6.45) is 2.64. The second-order valence-corrected chi connectivity index (χ2v) is 5.08. The van der Waals surface area contributed by atoms with Gasteiger partial charge in [0.2, 0.25) is 5.91 Å². The van der Waals surface area contributed by atoms with Crippen molar-refractivity contribution in [2.45, 2.75) is 19.0 Å². The fraction of sp³-hybridized carbons (Fsp3) is 0.400. The summed E-state index contributed by atoms with van der Waals surface area (Å²) in [4.78, 5) is 11.9. The lowest BCUT2D eigenvalue weighted by Crippen LogP contribution is -2.43. The van der Waals surface area contributed by atoms with Gasteiger partial charge in [0.05, 0.1) is 19.3 Å². The molecule has 1 aliphatic rings. The van der Waals surface area contributed by atoms with Gasteiger partial charge in [0.25, 0.3) is 0 Å². The predicted molar refractivity (Wildman–Crippen MR) is 77.4 cm³/mol. The highest BCUT2D eigenvalue weighted by atomic mass is 16.5. The summed E-state index contributed by atoms with van der Waals surface area (Å²) in [7, 11) is 0. The molecule has 2 bridgehead atoms. The van der Waals surface area contributed by atoms with Gasteiger partial charge >= 0.3 is 0 Å². The molecule has 3 rings (SSSR count). The van der Waals surface area contributed by atoms with Gasteiger partial charge in [0.15, 0.2) is 0 Å². The van der Waals surface area contributed by atoms with Crippen LogP contribution in [-0.2, 0) is 22.5 Å². The molecule has 1 unspecified atom stereocenters. The van der Waals surface area contributed by atoms with E-state index in [0.29, 0.717) is 26.2 Å². The molecule has 0 fully saturated rings. The van der Waals surface area contributed by atoms with Crippen molar-refractivity contribution >= 4 is 16.8 Å². The van der Waals surface area contributed by atoms with Crippen molar-refractivity contribution in [2.24, 2.45) is 5.73 Å². The van der Waals surface area contributed by atoms with Crippen LogP contribution < -0.4 is 11.1 Å². The van der Waals surface area contributed by atoms with Crippen molar-refractivity contribution in [3.63, 3.8) is 0 Å². The highest BCUT2D eigenvalue weighted by Gasteiger charge is 2.17. The zero-order chi connectivity index (χ0) is 13.9. The summed E-state index contributed by atoms with van der Waals surface area (Å²) in [5, 5.41) is 3.96. The monoisotopic (exact) mass is 273 g/mol. The maximum Gasteiger partial charge on any atom is 0.237 e. The van der Waals surface area contributed by atoms with E-state index >= 15 is 0 Å². The van der Waals surface area contributed by atoms with Crippen LogP contribution in [0.15, 0.2) is 30.5 Å². The van der Waals surface area contributed by atoms with Gasteiger partial charge in [0, 0.05) is 30.2 Å². The summed E-state index contributed by atoms with van der Waals surface area (Å²) in [6.45, 7) is 2.48. The molecule has 2 heterocycles. The van der Waals surface area contributed by atoms with Crippen LogP contribution in [0, 0.1) is 0 Å². The van der Waals surface area contributed by atoms with Crippen molar-refractivity contribution in [1.82, 2.24) is 9.88 Å². The Morgan fingerprint density at radius 1 is 1.30 bits per heavy atom. The van der Waals surface area contributed by atoms with E-state index in [4.69, 9.17) is 10.5 Å². The molecular weight excluding hydrogens is 254 g/mol. The number of hydrogen-bond donors (Lipinski definition) is 2. The molecule has 2 aromatic rings. The Hall–Kier alpha value is -1.85. The zero-order valence-electron chi connectivity index (χ0n) is 11.3. The molecule has 1 atom stereocenters. The molecule has 5 heteroatoms. The number of fused-ring (bicyclic) bond motifs is 5. The molecule has 0 spiro atoms. The van der Waals surface area contributed by atoms with Gasteiger partial charge in [-0.1, -0.05) is 18.2 Å². The van der Waals surface area contributed by atoms with Gasteiger partial charge < -0.3 is 20.4 Å². The number of hydrogen-bond acceptors (Lipinski definition) is 3. The normalized spacial score (nSPS) is 21.1. The number of nitrogens with zero attached hydrogens (tertiary/aromatic N) is 1. The minimum atomic E-state index is -0.520. The van der Waals surface area contributed by atoms with Crippen LogP contribution in [0.3, 0.4) is 0 Å². The predicted octanol–water partition coefficient (Wildman–Crippen LogP) is 0.657. The van der Waals surface area contributed by atoms with E-state index in [2.05, 4.69) is 28.2 Å². The lowest BCUT2D eigenvalue weighted by molar-refractivity contribution is -0.122. The summed E-state index contributed by atoms with van der Waals surface area (Å²) in [6, 6.07) is 7.68. The third kappa shape index (κ3) is 2.55. The Bertz CT molecular complexity index is 621. The van der Waals surface area contributed by atoms with Crippen LogP contribution in [0.5, 0.6) is 0 Å². The Labute approximate surface area is 117 Å². The van der Waals surface area contributed by atoms with E-state index in [-0.39, 0.29) is 5.91 Å². The molecule has 1 aromatic carbocycles. The number of carbonyl (C=O) groups excluding carboxylic acids is 1. The molecule has 3 N–H and O–H groups in total. The van der Waals surface area contributed by atoms with E-state index in [1.54, 1.807) is 0 Å². The highest BCUT2D eigenvalue weighted by Crippen LogP contribution is 2.22.